The van der Waals surface area contributed by atoms with Gasteiger partial charge in [-0.2, -0.15) is 0 Å². The lowest BCUT2D eigenvalue weighted by Crippen LogP contribution is -2.43. The Morgan fingerprint density at radius 2 is 2.24 bits per heavy atom. The van der Waals surface area contributed by atoms with E-state index in [9.17, 15) is 4.39 Å². The van der Waals surface area contributed by atoms with E-state index in [1.807, 2.05) is 17.9 Å². The van der Waals surface area contributed by atoms with Gasteiger partial charge in [0.25, 0.3) is 0 Å². The third-order valence-electron chi connectivity index (χ3n) is 3.62. The fraction of sp³-hybridized carbons (Fsp3) is 0.400. The number of piperidine rings is 1. The number of nitrogens with zero attached hydrogens (tertiary/aromatic N) is 4. The number of anilines is 2. The third kappa shape index (κ3) is 3.26. The molecule has 1 fully saturated rings. The van der Waals surface area contributed by atoms with E-state index in [0.29, 0.717) is 5.82 Å². The molecule has 2 aromatic heterocycles. The molecule has 0 amide bonds. The molecule has 1 aliphatic rings. The highest BCUT2D eigenvalue weighted by atomic mass is 19.1. The molecular formula is C15H18FN5. The normalized spacial score (nSPS) is 18.6. The number of hydrogen-bond donors (Lipinski definition) is 1. The van der Waals surface area contributed by atoms with Gasteiger partial charge in [0, 0.05) is 37.1 Å². The van der Waals surface area contributed by atoms with Gasteiger partial charge >= 0.3 is 0 Å². The van der Waals surface area contributed by atoms with Crippen LogP contribution in [0.15, 0.2) is 30.7 Å². The average molecular weight is 287 g/mol. The van der Waals surface area contributed by atoms with E-state index in [-0.39, 0.29) is 11.9 Å². The van der Waals surface area contributed by atoms with Gasteiger partial charge in [0.2, 0.25) is 0 Å². The Labute approximate surface area is 123 Å². The van der Waals surface area contributed by atoms with Crippen molar-refractivity contribution in [2.75, 3.05) is 23.3 Å². The number of nitrogens with one attached hydrogen (secondary N) is 1. The predicted molar refractivity (Wildman–Crippen MR) is 79.8 cm³/mol. The number of aryl methyl sites for hydroxylation is 1. The van der Waals surface area contributed by atoms with Crippen LogP contribution in [0.25, 0.3) is 0 Å². The van der Waals surface area contributed by atoms with Crippen molar-refractivity contribution in [3.8, 4) is 0 Å². The molecule has 0 aliphatic carbocycles. The lowest BCUT2D eigenvalue weighted by atomic mass is 10.1. The Balaban J connectivity index is 1.70. The van der Waals surface area contributed by atoms with Crippen molar-refractivity contribution in [2.45, 2.75) is 25.8 Å². The van der Waals surface area contributed by atoms with Gasteiger partial charge in [-0.1, -0.05) is 0 Å². The van der Waals surface area contributed by atoms with Crippen LogP contribution in [-0.4, -0.2) is 34.1 Å². The highest BCUT2D eigenvalue weighted by Crippen LogP contribution is 2.22. The molecule has 21 heavy (non-hydrogen) atoms. The van der Waals surface area contributed by atoms with Crippen LogP contribution < -0.4 is 10.2 Å². The van der Waals surface area contributed by atoms with Crippen molar-refractivity contribution in [1.82, 2.24) is 15.0 Å². The first-order valence-electron chi connectivity index (χ1n) is 7.13. The number of halogens is 1. The molecule has 110 valence electrons. The summed E-state index contributed by atoms with van der Waals surface area (Å²) >= 11 is 0. The largest absolute Gasteiger partial charge is 0.365 e. The van der Waals surface area contributed by atoms with Gasteiger partial charge in [-0.15, -0.1) is 0 Å². The van der Waals surface area contributed by atoms with Crippen LogP contribution in [0.1, 0.15) is 18.5 Å². The quantitative estimate of drug-likeness (QED) is 0.939. The van der Waals surface area contributed by atoms with Gasteiger partial charge in [0.15, 0.2) is 11.6 Å². The monoisotopic (exact) mass is 287 g/mol. The van der Waals surface area contributed by atoms with Gasteiger partial charge in [-0.25, -0.2) is 19.3 Å². The molecule has 0 radical (unpaired) electrons. The fourth-order valence-electron chi connectivity index (χ4n) is 2.64. The van der Waals surface area contributed by atoms with Crippen molar-refractivity contribution in [1.29, 1.82) is 0 Å². The maximum atomic E-state index is 13.8. The summed E-state index contributed by atoms with van der Waals surface area (Å²) in [4.78, 5) is 14.5. The molecule has 0 aromatic carbocycles. The van der Waals surface area contributed by atoms with Crippen LogP contribution in [0.5, 0.6) is 0 Å². The maximum Gasteiger partial charge on any atom is 0.165 e. The summed E-state index contributed by atoms with van der Waals surface area (Å²) in [5.41, 5.74) is 0.927. The minimum atomic E-state index is -0.268. The zero-order chi connectivity index (χ0) is 14.7. The molecule has 2 aromatic rings. The van der Waals surface area contributed by atoms with E-state index < -0.39 is 0 Å². The molecule has 6 heteroatoms. The van der Waals surface area contributed by atoms with Crippen LogP contribution in [-0.2, 0) is 0 Å². The summed E-state index contributed by atoms with van der Waals surface area (Å²) < 4.78 is 13.8. The summed E-state index contributed by atoms with van der Waals surface area (Å²) in [6, 6.07) is 5.21. The Bertz CT molecular complexity index is 619. The Kier molecular flexibility index (Phi) is 3.94. The van der Waals surface area contributed by atoms with Crippen molar-refractivity contribution in [3.05, 3.63) is 42.2 Å². The SMILES string of the molecule is Cc1cc(NC2CCCN(c3ncccc3F)C2)ncn1. The molecule has 3 rings (SSSR count). The summed E-state index contributed by atoms with van der Waals surface area (Å²) in [6.07, 6.45) is 5.21. The second kappa shape index (κ2) is 6.03. The van der Waals surface area contributed by atoms with E-state index in [4.69, 9.17) is 0 Å². The van der Waals surface area contributed by atoms with Crippen molar-refractivity contribution in [2.24, 2.45) is 0 Å². The first-order valence-corrected chi connectivity index (χ1v) is 7.13. The smallest absolute Gasteiger partial charge is 0.165 e. The molecule has 0 spiro atoms. The van der Waals surface area contributed by atoms with Crippen molar-refractivity contribution in [3.63, 3.8) is 0 Å². The Morgan fingerprint density at radius 1 is 1.33 bits per heavy atom. The number of rotatable bonds is 3. The minimum Gasteiger partial charge on any atom is -0.365 e. The van der Waals surface area contributed by atoms with E-state index in [0.717, 1.165) is 37.4 Å². The topological polar surface area (TPSA) is 53.9 Å². The zero-order valence-corrected chi connectivity index (χ0v) is 12.0. The van der Waals surface area contributed by atoms with Gasteiger partial charge in [-0.3, -0.25) is 0 Å². The highest BCUT2D eigenvalue weighted by molar-refractivity contribution is 5.42. The molecule has 1 saturated heterocycles. The Hall–Kier alpha value is -2.24. The van der Waals surface area contributed by atoms with Gasteiger partial charge < -0.3 is 10.2 Å². The number of hydrogen-bond acceptors (Lipinski definition) is 5. The summed E-state index contributed by atoms with van der Waals surface area (Å²) in [6.45, 7) is 3.48. The lowest BCUT2D eigenvalue weighted by Gasteiger charge is -2.34. The molecule has 5 nitrogen and oxygen atoms in total. The Morgan fingerprint density at radius 3 is 3.05 bits per heavy atom. The molecule has 1 unspecified atom stereocenters. The van der Waals surface area contributed by atoms with Crippen molar-refractivity contribution < 1.29 is 4.39 Å². The van der Waals surface area contributed by atoms with Crippen molar-refractivity contribution >= 4 is 11.6 Å². The van der Waals surface area contributed by atoms with E-state index >= 15 is 0 Å². The second-order valence-electron chi connectivity index (χ2n) is 5.28. The maximum absolute atomic E-state index is 13.8. The number of aromatic nitrogens is 3. The molecule has 3 heterocycles. The number of pyridine rings is 1. The average Bonchev–Trinajstić information content (AvgIpc) is 2.48. The second-order valence-corrected chi connectivity index (χ2v) is 5.28. The van der Waals surface area contributed by atoms with Crippen LogP contribution in [0.3, 0.4) is 0 Å². The van der Waals surface area contributed by atoms with Gasteiger partial charge in [0.05, 0.1) is 0 Å². The molecule has 1 atom stereocenters. The van der Waals surface area contributed by atoms with Crippen LogP contribution in [0.2, 0.25) is 0 Å². The van der Waals surface area contributed by atoms with Crippen LogP contribution >= 0.6 is 0 Å². The molecule has 1 aliphatic heterocycles. The predicted octanol–water partition coefficient (Wildman–Crippen LogP) is 2.40. The summed E-state index contributed by atoms with van der Waals surface area (Å²) in [5, 5.41) is 3.40. The van der Waals surface area contributed by atoms with Crippen LogP contribution in [0.4, 0.5) is 16.0 Å². The first-order chi connectivity index (χ1) is 10.2. The molecule has 1 N–H and O–H groups in total. The summed E-state index contributed by atoms with van der Waals surface area (Å²) in [5.74, 6) is 0.981. The highest BCUT2D eigenvalue weighted by Gasteiger charge is 2.22. The van der Waals surface area contributed by atoms with Gasteiger partial charge in [0.1, 0.15) is 12.1 Å². The fourth-order valence-corrected chi connectivity index (χ4v) is 2.64. The molecular weight excluding hydrogens is 269 g/mol. The third-order valence-corrected chi connectivity index (χ3v) is 3.62. The first kappa shape index (κ1) is 13.7. The summed E-state index contributed by atoms with van der Waals surface area (Å²) in [7, 11) is 0. The molecule has 0 bridgehead atoms. The van der Waals surface area contributed by atoms with E-state index in [2.05, 4.69) is 20.3 Å². The van der Waals surface area contributed by atoms with E-state index in [1.165, 1.54) is 6.07 Å². The van der Waals surface area contributed by atoms with Crippen LogP contribution in [0, 0.1) is 12.7 Å². The van der Waals surface area contributed by atoms with Gasteiger partial charge in [-0.05, 0) is 31.9 Å². The standard InChI is InChI=1S/C15H18FN5/c1-11-8-14(19-10-18-11)20-12-4-3-7-21(9-12)15-13(16)5-2-6-17-15/h2,5-6,8,10,12H,3-4,7,9H2,1H3,(H,18,19,20). The zero-order valence-electron chi connectivity index (χ0n) is 12.0. The van der Waals surface area contributed by atoms with E-state index in [1.54, 1.807) is 18.6 Å². The lowest BCUT2D eigenvalue weighted by molar-refractivity contribution is 0.513. The molecule has 0 saturated carbocycles. The minimum absolute atomic E-state index is 0.231.